The summed E-state index contributed by atoms with van der Waals surface area (Å²) >= 11 is 0. The van der Waals surface area contributed by atoms with Crippen molar-refractivity contribution in [3.8, 4) is 17.0 Å². The summed E-state index contributed by atoms with van der Waals surface area (Å²) in [4.78, 5) is 18.2. The Morgan fingerprint density at radius 3 is 2.70 bits per heavy atom. The zero-order chi connectivity index (χ0) is 14.8. The van der Waals surface area contributed by atoms with Crippen LogP contribution >= 0.6 is 0 Å². The van der Waals surface area contributed by atoms with Gasteiger partial charge in [-0.15, -0.1) is 13.2 Å². The van der Waals surface area contributed by atoms with E-state index in [-0.39, 0.29) is 11.3 Å². The molecule has 0 saturated heterocycles. The van der Waals surface area contributed by atoms with E-state index < -0.39 is 6.36 Å². The van der Waals surface area contributed by atoms with Crippen molar-refractivity contribution in [3.05, 3.63) is 46.5 Å². The van der Waals surface area contributed by atoms with Crippen molar-refractivity contribution in [2.45, 2.75) is 19.7 Å². The third kappa shape index (κ3) is 3.59. The smallest absolute Gasteiger partial charge is 0.406 e. The van der Waals surface area contributed by atoms with Crippen molar-refractivity contribution >= 4 is 0 Å². The highest BCUT2D eigenvalue weighted by Crippen LogP contribution is 2.26. The summed E-state index contributed by atoms with van der Waals surface area (Å²) in [7, 11) is 0. The largest absolute Gasteiger partial charge is 0.573 e. The molecule has 0 aliphatic rings. The SMILES string of the molecule is CCc1nc(-c2cccc(OC(F)(F)F)c2)cc(=O)[nH]1. The molecule has 106 valence electrons. The van der Waals surface area contributed by atoms with Crippen LogP contribution in [0.3, 0.4) is 0 Å². The fourth-order valence-electron chi connectivity index (χ4n) is 1.68. The molecule has 0 unspecified atom stereocenters. The number of benzene rings is 1. The summed E-state index contributed by atoms with van der Waals surface area (Å²) in [5.41, 5.74) is 0.333. The maximum atomic E-state index is 12.2. The summed E-state index contributed by atoms with van der Waals surface area (Å²) in [5, 5.41) is 0. The van der Waals surface area contributed by atoms with Crippen LogP contribution < -0.4 is 10.3 Å². The standard InChI is InChI=1S/C13H11F3N2O2/c1-2-11-17-10(7-12(19)18-11)8-4-3-5-9(6-8)20-13(14,15)16/h3-7H,2H2,1H3,(H,17,18,19). The van der Waals surface area contributed by atoms with E-state index in [2.05, 4.69) is 14.7 Å². The number of aryl methyl sites for hydroxylation is 1. The van der Waals surface area contributed by atoms with E-state index in [0.29, 0.717) is 23.5 Å². The molecule has 0 aliphatic heterocycles. The Labute approximate surface area is 112 Å². The maximum Gasteiger partial charge on any atom is 0.573 e. The summed E-state index contributed by atoms with van der Waals surface area (Å²) in [5.74, 6) is 0.116. The summed E-state index contributed by atoms with van der Waals surface area (Å²) < 4.78 is 40.3. The molecular weight excluding hydrogens is 273 g/mol. The van der Waals surface area contributed by atoms with Gasteiger partial charge >= 0.3 is 6.36 Å². The number of nitrogens with zero attached hydrogens (tertiary/aromatic N) is 1. The van der Waals surface area contributed by atoms with E-state index >= 15 is 0 Å². The number of nitrogens with one attached hydrogen (secondary N) is 1. The number of rotatable bonds is 3. The van der Waals surface area contributed by atoms with E-state index in [4.69, 9.17) is 0 Å². The first-order chi connectivity index (χ1) is 9.37. The number of hydrogen-bond acceptors (Lipinski definition) is 3. The molecule has 2 rings (SSSR count). The van der Waals surface area contributed by atoms with Crippen molar-refractivity contribution in [1.29, 1.82) is 0 Å². The quantitative estimate of drug-likeness (QED) is 0.942. The topological polar surface area (TPSA) is 55.0 Å². The molecule has 0 fully saturated rings. The number of halogens is 3. The van der Waals surface area contributed by atoms with Gasteiger partial charge in [-0.05, 0) is 12.1 Å². The van der Waals surface area contributed by atoms with Gasteiger partial charge in [0, 0.05) is 18.1 Å². The number of hydrogen-bond donors (Lipinski definition) is 1. The zero-order valence-electron chi connectivity index (χ0n) is 10.5. The minimum atomic E-state index is -4.76. The van der Waals surface area contributed by atoms with Gasteiger partial charge in [0.2, 0.25) is 0 Å². The normalized spacial score (nSPS) is 11.4. The zero-order valence-corrected chi connectivity index (χ0v) is 10.5. The number of alkyl halides is 3. The van der Waals surface area contributed by atoms with Crippen LogP contribution in [0, 0.1) is 0 Å². The number of aromatic amines is 1. The summed E-state index contributed by atoms with van der Waals surface area (Å²) in [6.45, 7) is 1.81. The first kappa shape index (κ1) is 14.1. The van der Waals surface area contributed by atoms with E-state index in [1.165, 1.54) is 24.3 Å². The molecule has 2 aromatic rings. The van der Waals surface area contributed by atoms with Gasteiger partial charge in [-0.3, -0.25) is 4.79 Å². The molecule has 0 aliphatic carbocycles. The summed E-state index contributed by atoms with van der Waals surface area (Å²) in [6, 6.07) is 6.57. The van der Waals surface area contributed by atoms with Gasteiger partial charge < -0.3 is 9.72 Å². The van der Waals surface area contributed by atoms with Crippen LogP contribution in [0.25, 0.3) is 11.3 Å². The molecule has 1 heterocycles. The molecule has 0 amide bonds. The second-order valence-corrected chi connectivity index (χ2v) is 4.01. The highest BCUT2D eigenvalue weighted by atomic mass is 19.4. The number of aromatic nitrogens is 2. The van der Waals surface area contributed by atoms with Crippen LogP contribution in [0.1, 0.15) is 12.7 Å². The lowest BCUT2D eigenvalue weighted by Crippen LogP contribution is -2.17. The van der Waals surface area contributed by atoms with Crippen LogP contribution in [0.2, 0.25) is 0 Å². The van der Waals surface area contributed by atoms with Gasteiger partial charge in [0.05, 0.1) is 5.69 Å². The Balaban J connectivity index is 2.40. The third-order valence-corrected chi connectivity index (χ3v) is 2.49. The first-order valence-electron chi connectivity index (χ1n) is 5.84. The Bertz CT molecular complexity index is 665. The van der Waals surface area contributed by atoms with Crippen LogP contribution in [0.4, 0.5) is 13.2 Å². The average molecular weight is 284 g/mol. The van der Waals surface area contributed by atoms with Crippen molar-refractivity contribution in [2.24, 2.45) is 0 Å². The Morgan fingerprint density at radius 1 is 1.30 bits per heavy atom. The minimum absolute atomic E-state index is 0.304. The molecule has 0 radical (unpaired) electrons. The highest BCUT2D eigenvalue weighted by molar-refractivity contribution is 5.60. The van der Waals surface area contributed by atoms with Gasteiger partial charge in [-0.25, -0.2) is 4.98 Å². The molecule has 7 heteroatoms. The maximum absolute atomic E-state index is 12.2. The Kier molecular flexibility index (Phi) is 3.78. The lowest BCUT2D eigenvalue weighted by Gasteiger charge is -2.10. The van der Waals surface area contributed by atoms with Crippen molar-refractivity contribution in [1.82, 2.24) is 9.97 Å². The molecule has 4 nitrogen and oxygen atoms in total. The van der Waals surface area contributed by atoms with E-state index in [1.54, 1.807) is 6.07 Å². The van der Waals surface area contributed by atoms with Crippen LogP contribution in [0.15, 0.2) is 35.1 Å². The molecule has 1 aromatic heterocycles. The predicted molar refractivity (Wildman–Crippen MR) is 66.4 cm³/mol. The molecule has 0 saturated carbocycles. The molecular formula is C13H11F3N2O2. The third-order valence-electron chi connectivity index (χ3n) is 2.49. The van der Waals surface area contributed by atoms with Gasteiger partial charge in [0.1, 0.15) is 11.6 Å². The molecule has 20 heavy (non-hydrogen) atoms. The van der Waals surface area contributed by atoms with Crippen LogP contribution in [0.5, 0.6) is 5.75 Å². The predicted octanol–water partition coefficient (Wildman–Crippen LogP) is 2.90. The number of ether oxygens (including phenoxy) is 1. The van der Waals surface area contributed by atoms with Crippen molar-refractivity contribution < 1.29 is 17.9 Å². The lowest BCUT2D eigenvalue weighted by molar-refractivity contribution is -0.274. The lowest BCUT2D eigenvalue weighted by atomic mass is 10.1. The second kappa shape index (κ2) is 5.36. The molecule has 1 aromatic carbocycles. The molecule has 0 spiro atoms. The van der Waals surface area contributed by atoms with Crippen molar-refractivity contribution in [3.63, 3.8) is 0 Å². The van der Waals surface area contributed by atoms with Crippen LogP contribution in [-0.4, -0.2) is 16.3 Å². The molecule has 1 N–H and O–H groups in total. The van der Waals surface area contributed by atoms with Crippen LogP contribution in [-0.2, 0) is 6.42 Å². The molecule has 0 bridgehead atoms. The average Bonchev–Trinajstić information content (AvgIpc) is 2.36. The Hall–Kier alpha value is -2.31. The van der Waals surface area contributed by atoms with Gasteiger partial charge in [0.15, 0.2) is 0 Å². The highest BCUT2D eigenvalue weighted by Gasteiger charge is 2.31. The first-order valence-corrected chi connectivity index (χ1v) is 5.84. The fraction of sp³-hybridized carbons (Fsp3) is 0.231. The fourth-order valence-corrected chi connectivity index (χ4v) is 1.68. The monoisotopic (exact) mass is 284 g/mol. The van der Waals surface area contributed by atoms with E-state index in [1.807, 2.05) is 6.92 Å². The van der Waals surface area contributed by atoms with E-state index in [9.17, 15) is 18.0 Å². The minimum Gasteiger partial charge on any atom is -0.406 e. The Morgan fingerprint density at radius 2 is 2.05 bits per heavy atom. The summed E-state index contributed by atoms with van der Waals surface area (Å²) in [6.07, 6.45) is -4.24. The molecule has 0 atom stereocenters. The van der Waals surface area contributed by atoms with Crippen molar-refractivity contribution in [2.75, 3.05) is 0 Å². The van der Waals surface area contributed by atoms with E-state index in [0.717, 1.165) is 0 Å². The van der Waals surface area contributed by atoms with Gasteiger partial charge in [0.25, 0.3) is 5.56 Å². The van der Waals surface area contributed by atoms with Gasteiger partial charge in [-0.1, -0.05) is 19.1 Å². The van der Waals surface area contributed by atoms with Gasteiger partial charge in [-0.2, -0.15) is 0 Å². The number of H-pyrrole nitrogens is 1. The second-order valence-electron chi connectivity index (χ2n) is 4.01.